The number of hydrogen-bond acceptors (Lipinski definition) is 2. The second-order valence-electron chi connectivity index (χ2n) is 5.33. The van der Waals surface area contributed by atoms with Crippen LogP contribution in [0.3, 0.4) is 0 Å². The van der Waals surface area contributed by atoms with Gasteiger partial charge in [0, 0.05) is 18.2 Å². The topological polar surface area (TPSA) is 46.3 Å². The molecule has 19 heavy (non-hydrogen) atoms. The minimum atomic E-state index is -0.888. The average Bonchev–Trinajstić information content (AvgIpc) is 2.34. The third-order valence-electron chi connectivity index (χ3n) is 3.73. The van der Waals surface area contributed by atoms with Crippen LogP contribution in [0, 0.1) is 17.6 Å². The molecule has 0 bridgehead atoms. The molecule has 1 aromatic carbocycles. The van der Waals surface area contributed by atoms with Crippen LogP contribution in [-0.4, -0.2) is 23.4 Å². The first-order chi connectivity index (χ1) is 8.90. The van der Waals surface area contributed by atoms with Crippen molar-refractivity contribution >= 4 is 11.6 Å². The summed E-state index contributed by atoms with van der Waals surface area (Å²) in [4.78, 5) is 14.0. The van der Waals surface area contributed by atoms with Crippen LogP contribution >= 0.6 is 0 Å². The van der Waals surface area contributed by atoms with Gasteiger partial charge in [0.25, 0.3) is 5.91 Å². The maximum absolute atomic E-state index is 13.4. The molecule has 1 heterocycles. The molecule has 0 aromatic heterocycles. The first-order valence-corrected chi connectivity index (χ1v) is 6.45. The minimum Gasteiger partial charge on any atom is -0.394 e. The zero-order valence-corrected chi connectivity index (χ0v) is 11.1. The second-order valence-corrected chi connectivity index (χ2v) is 5.33. The van der Waals surface area contributed by atoms with E-state index in [-0.39, 0.29) is 17.5 Å². The van der Waals surface area contributed by atoms with E-state index in [1.165, 1.54) is 0 Å². The Bertz CT molecular complexity index is 481. The molecule has 1 aliphatic rings. The number of carbonyl (C=O) groups is 1. The minimum absolute atomic E-state index is 0.0191. The summed E-state index contributed by atoms with van der Waals surface area (Å²) in [5.41, 5.74) is 4.67. The normalized spacial score (nSPS) is 23.5. The SMILES string of the molecule is CC1CCN(C(=O)c2cc(F)c(N)c(F)c2)C(C)C1. The molecule has 1 fully saturated rings. The summed E-state index contributed by atoms with van der Waals surface area (Å²) < 4.78 is 26.8. The fourth-order valence-corrected chi connectivity index (χ4v) is 2.58. The van der Waals surface area contributed by atoms with Gasteiger partial charge in [-0.1, -0.05) is 6.92 Å². The van der Waals surface area contributed by atoms with Gasteiger partial charge in [0.2, 0.25) is 0 Å². The summed E-state index contributed by atoms with van der Waals surface area (Å²) in [7, 11) is 0. The molecule has 5 heteroatoms. The monoisotopic (exact) mass is 268 g/mol. The molecule has 104 valence electrons. The Labute approximate surface area is 111 Å². The molecule has 3 nitrogen and oxygen atoms in total. The van der Waals surface area contributed by atoms with E-state index in [9.17, 15) is 13.6 Å². The number of nitrogens with zero attached hydrogens (tertiary/aromatic N) is 1. The number of nitrogen functional groups attached to an aromatic ring is 1. The van der Waals surface area contributed by atoms with E-state index in [1.54, 1.807) is 4.90 Å². The largest absolute Gasteiger partial charge is 0.394 e. The average molecular weight is 268 g/mol. The van der Waals surface area contributed by atoms with Crippen molar-refractivity contribution < 1.29 is 13.6 Å². The number of anilines is 1. The highest BCUT2D eigenvalue weighted by Crippen LogP contribution is 2.25. The van der Waals surface area contributed by atoms with Crippen LogP contribution in [0.25, 0.3) is 0 Å². The van der Waals surface area contributed by atoms with Crippen molar-refractivity contribution in [2.24, 2.45) is 5.92 Å². The van der Waals surface area contributed by atoms with Gasteiger partial charge in [-0.15, -0.1) is 0 Å². The Morgan fingerprint density at radius 1 is 1.32 bits per heavy atom. The number of piperidine rings is 1. The summed E-state index contributed by atoms with van der Waals surface area (Å²) in [5, 5.41) is 0. The van der Waals surface area contributed by atoms with E-state index >= 15 is 0 Å². The van der Waals surface area contributed by atoms with Crippen molar-refractivity contribution in [1.29, 1.82) is 0 Å². The fraction of sp³-hybridized carbons (Fsp3) is 0.500. The van der Waals surface area contributed by atoms with Crippen molar-refractivity contribution in [3.8, 4) is 0 Å². The second kappa shape index (κ2) is 5.15. The third kappa shape index (κ3) is 2.69. The maximum Gasteiger partial charge on any atom is 0.254 e. The van der Waals surface area contributed by atoms with Crippen LogP contribution in [0.4, 0.5) is 14.5 Å². The molecule has 0 radical (unpaired) electrons. The van der Waals surface area contributed by atoms with Gasteiger partial charge < -0.3 is 10.6 Å². The smallest absolute Gasteiger partial charge is 0.254 e. The summed E-state index contributed by atoms with van der Waals surface area (Å²) in [6.07, 6.45) is 1.82. The predicted molar refractivity (Wildman–Crippen MR) is 69.7 cm³/mol. The lowest BCUT2D eigenvalue weighted by Crippen LogP contribution is -2.44. The van der Waals surface area contributed by atoms with Crippen LogP contribution in [0.2, 0.25) is 0 Å². The molecule has 1 amide bonds. The zero-order valence-electron chi connectivity index (χ0n) is 11.1. The van der Waals surface area contributed by atoms with E-state index in [2.05, 4.69) is 6.92 Å². The number of benzene rings is 1. The standard InChI is InChI=1S/C14H18F2N2O/c1-8-3-4-18(9(2)5-8)14(19)10-6-11(15)13(17)12(16)7-10/h6-9H,3-5,17H2,1-2H3. The molecule has 1 aromatic rings. The van der Waals surface area contributed by atoms with Gasteiger partial charge in [0.1, 0.15) is 17.3 Å². The Balaban J connectivity index is 2.25. The van der Waals surface area contributed by atoms with Crippen LogP contribution < -0.4 is 5.73 Å². The van der Waals surface area contributed by atoms with Gasteiger partial charge in [-0.2, -0.15) is 0 Å². The molecule has 0 aliphatic carbocycles. The van der Waals surface area contributed by atoms with E-state index < -0.39 is 17.3 Å². The Hall–Kier alpha value is -1.65. The number of hydrogen-bond donors (Lipinski definition) is 1. The van der Waals surface area contributed by atoms with Crippen molar-refractivity contribution in [3.05, 3.63) is 29.3 Å². The summed E-state index contributed by atoms with van der Waals surface area (Å²) in [6.45, 7) is 4.72. The van der Waals surface area contributed by atoms with Crippen molar-refractivity contribution in [3.63, 3.8) is 0 Å². The molecule has 0 spiro atoms. The van der Waals surface area contributed by atoms with Gasteiger partial charge in [0.05, 0.1) is 0 Å². The third-order valence-corrected chi connectivity index (χ3v) is 3.73. The van der Waals surface area contributed by atoms with E-state index in [4.69, 9.17) is 5.73 Å². The highest BCUT2D eigenvalue weighted by molar-refractivity contribution is 5.95. The van der Waals surface area contributed by atoms with Crippen LogP contribution in [0.15, 0.2) is 12.1 Å². The molecular weight excluding hydrogens is 250 g/mol. The Morgan fingerprint density at radius 2 is 1.89 bits per heavy atom. The van der Waals surface area contributed by atoms with Gasteiger partial charge in [-0.25, -0.2) is 8.78 Å². The number of rotatable bonds is 1. The van der Waals surface area contributed by atoms with E-state index in [0.717, 1.165) is 25.0 Å². The quantitative estimate of drug-likeness (QED) is 0.796. The Kier molecular flexibility index (Phi) is 3.73. The van der Waals surface area contributed by atoms with Gasteiger partial charge in [0.15, 0.2) is 0 Å². The first kappa shape index (κ1) is 13.8. The van der Waals surface area contributed by atoms with Gasteiger partial charge >= 0.3 is 0 Å². The number of amides is 1. The maximum atomic E-state index is 13.4. The Morgan fingerprint density at radius 3 is 2.42 bits per heavy atom. The predicted octanol–water partition coefficient (Wildman–Crippen LogP) is 2.81. The van der Waals surface area contributed by atoms with Crippen molar-refractivity contribution in [2.45, 2.75) is 32.7 Å². The number of carbonyl (C=O) groups excluding carboxylic acids is 1. The molecule has 1 aliphatic heterocycles. The summed E-state index contributed by atoms with van der Waals surface area (Å²) in [6, 6.07) is 2.09. The molecule has 0 saturated carbocycles. The van der Waals surface area contributed by atoms with Gasteiger partial charge in [-0.3, -0.25) is 4.79 Å². The zero-order chi connectivity index (χ0) is 14.2. The van der Waals surface area contributed by atoms with Crippen LogP contribution in [0.5, 0.6) is 0 Å². The van der Waals surface area contributed by atoms with Crippen molar-refractivity contribution in [2.75, 3.05) is 12.3 Å². The van der Waals surface area contributed by atoms with E-state index in [1.807, 2.05) is 6.92 Å². The lowest BCUT2D eigenvalue weighted by Gasteiger charge is -2.36. The highest BCUT2D eigenvalue weighted by atomic mass is 19.1. The lowest BCUT2D eigenvalue weighted by molar-refractivity contribution is 0.0587. The molecule has 2 N–H and O–H groups in total. The highest BCUT2D eigenvalue weighted by Gasteiger charge is 2.28. The number of nitrogens with two attached hydrogens (primary N) is 1. The molecule has 2 rings (SSSR count). The summed E-state index contributed by atoms with van der Waals surface area (Å²) in [5.74, 6) is -1.54. The molecule has 2 atom stereocenters. The van der Waals surface area contributed by atoms with Gasteiger partial charge in [-0.05, 0) is 37.8 Å². The molecule has 1 saturated heterocycles. The lowest BCUT2D eigenvalue weighted by atomic mass is 9.93. The van der Waals surface area contributed by atoms with Crippen LogP contribution in [-0.2, 0) is 0 Å². The fourth-order valence-electron chi connectivity index (χ4n) is 2.58. The van der Waals surface area contributed by atoms with Crippen molar-refractivity contribution in [1.82, 2.24) is 4.90 Å². The summed E-state index contributed by atoms with van der Waals surface area (Å²) >= 11 is 0. The van der Waals surface area contributed by atoms with Crippen LogP contribution in [0.1, 0.15) is 37.0 Å². The first-order valence-electron chi connectivity index (χ1n) is 6.45. The van der Waals surface area contributed by atoms with E-state index in [0.29, 0.717) is 12.5 Å². The molecule has 2 unspecified atom stereocenters. The number of likely N-dealkylation sites (tertiary alicyclic amines) is 1. The number of halogens is 2. The molecular formula is C14H18F2N2O.